The Bertz CT molecular complexity index is 1220. The van der Waals surface area contributed by atoms with Crippen LogP contribution in [-0.4, -0.2) is 29.2 Å². The molecule has 0 saturated carbocycles. The quantitative estimate of drug-likeness (QED) is 0.366. The molecule has 2 heterocycles. The van der Waals surface area contributed by atoms with Gasteiger partial charge in [-0.05, 0) is 67.6 Å². The Morgan fingerprint density at radius 1 is 0.882 bits per heavy atom. The van der Waals surface area contributed by atoms with E-state index in [9.17, 15) is 4.79 Å². The number of H-pyrrole nitrogens is 1. The molecule has 34 heavy (non-hydrogen) atoms. The van der Waals surface area contributed by atoms with Gasteiger partial charge in [-0.2, -0.15) is 5.10 Å². The zero-order chi connectivity index (χ0) is 23.3. The molecule has 0 radical (unpaired) electrons. The molecule has 1 saturated heterocycles. The fourth-order valence-corrected chi connectivity index (χ4v) is 4.52. The minimum absolute atomic E-state index is 0.0511. The number of hydrogen-bond donors (Lipinski definition) is 2. The summed E-state index contributed by atoms with van der Waals surface area (Å²) in [6.45, 7) is 4.28. The van der Waals surface area contributed by atoms with Gasteiger partial charge in [0.15, 0.2) is 0 Å². The first-order valence-corrected chi connectivity index (χ1v) is 12.0. The predicted molar refractivity (Wildman–Crippen MR) is 138 cm³/mol. The molecule has 0 spiro atoms. The number of aromatic nitrogens is 2. The first-order valence-electron chi connectivity index (χ1n) is 12.0. The average molecular weight is 451 g/mol. The molecule has 1 amide bonds. The SMILES string of the molecule is CC(NC(=O)c1ccc(-c2cc(-c3ccc(N4CCCCC4)cc3)n[nH]2)cc1)c1ccccc1. The molecule has 0 bridgehead atoms. The molecule has 1 fully saturated rings. The number of nitrogens with one attached hydrogen (secondary N) is 2. The van der Waals surface area contributed by atoms with E-state index in [1.807, 2.05) is 61.5 Å². The Balaban J connectivity index is 1.25. The fourth-order valence-electron chi connectivity index (χ4n) is 4.52. The smallest absolute Gasteiger partial charge is 0.251 e. The summed E-state index contributed by atoms with van der Waals surface area (Å²) < 4.78 is 0. The highest BCUT2D eigenvalue weighted by atomic mass is 16.1. The van der Waals surface area contributed by atoms with E-state index >= 15 is 0 Å². The lowest BCUT2D eigenvalue weighted by Gasteiger charge is -2.28. The lowest BCUT2D eigenvalue weighted by molar-refractivity contribution is 0.0940. The number of carbonyl (C=O) groups is 1. The molecule has 172 valence electrons. The number of carbonyl (C=O) groups excluding carboxylic acids is 1. The summed E-state index contributed by atoms with van der Waals surface area (Å²) in [6.07, 6.45) is 3.89. The molecule has 0 aliphatic carbocycles. The summed E-state index contributed by atoms with van der Waals surface area (Å²) in [5.74, 6) is -0.0815. The van der Waals surface area contributed by atoms with Gasteiger partial charge in [0, 0.05) is 29.9 Å². The van der Waals surface area contributed by atoms with Gasteiger partial charge in [0.25, 0.3) is 5.91 Å². The zero-order valence-electron chi connectivity index (χ0n) is 19.5. The van der Waals surface area contributed by atoms with Gasteiger partial charge < -0.3 is 10.2 Å². The van der Waals surface area contributed by atoms with Crippen molar-refractivity contribution in [2.24, 2.45) is 0 Å². The van der Waals surface area contributed by atoms with Gasteiger partial charge in [-0.15, -0.1) is 0 Å². The minimum Gasteiger partial charge on any atom is -0.372 e. The van der Waals surface area contributed by atoms with Crippen molar-refractivity contribution < 1.29 is 4.79 Å². The van der Waals surface area contributed by atoms with Gasteiger partial charge in [-0.3, -0.25) is 9.89 Å². The maximum atomic E-state index is 12.7. The molecule has 1 aromatic heterocycles. The largest absolute Gasteiger partial charge is 0.372 e. The summed E-state index contributed by atoms with van der Waals surface area (Å²) in [6, 6.07) is 28.3. The van der Waals surface area contributed by atoms with Crippen molar-refractivity contribution in [2.75, 3.05) is 18.0 Å². The lowest BCUT2D eigenvalue weighted by atomic mass is 10.1. The van der Waals surface area contributed by atoms with Crippen LogP contribution in [0.25, 0.3) is 22.5 Å². The summed E-state index contributed by atoms with van der Waals surface area (Å²) >= 11 is 0. The molecule has 1 aliphatic rings. The summed E-state index contributed by atoms with van der Waals surface area (Å²) in [5.41, 5.74) is 6.94. The average Bonchev–Trinajstić information content (AvgIpc) is 3.40. The second-order valence-corrected chi connectivity index (χ2v) is 8.94. The maximum Gasteiger partial charge on any atom is 0.251 e. The van der Waals surface area contributed by atoms with Crippen LogP contribution in [0.3, 0.4) is 0 Å². The van der Waals surface area contributed by atoms with Crippen LogP contribution in [0.5, 0.6) is 0 Å². The van der Waals surface area contributed by atoms with Crippen molar-refractivity contribution in [1.29, 1.82) is 0 Å². The normalized spacial score (nSPS) is 14.6. The van der Waals surface area contributed by atoms with Gasteiger partial charge in [-0.1, -0.05) is 54.6 Å². The number of aromatic amines is 1. The van der Waals surface area contributed by atoms with E-state index < -0.39 is 0 Å². The van der Waals surface area contributed by atoms with Crippen LogP contribution in [0, 0.1) is 0 Å². The first kappa shape index (κ1) is 22.0. The number of rotatable bonds is 6. The maximum absolute atomic E-state index is 12.7. The van der Waals surface area contributed by atoms with Crippen LogP contribution < -0.4 is 10.2 Å². The molecular weight excluding hydrogens is 420 g/mol. The van der Waals surface area contributed by atoms with Crippen LogP contribution in [0.2, 0.25) is 0 Å². The number of amides is 1. The molecule has 5 nitrogen and oxygen atoms in total. The van der Waals surface area contributed by atoms with Gasteiger partial charge in [-0.25, -0.2) is 0 Å². The van der Waals surface area contributed by atoms with E-state index in [-0.39, 0.29) is 11.9 Å². The van der Waals surface area contributed by atoms with Crippen molar-refractivity contribution in [2.45, 2.75) is 32.2 Å². The van der Waals surface area contributed by atoms with E-state index in [0.717, 1.165) is 41.2 Å². The van der Waals surface area contributed by atoms with Crippen LogP contribution in [0.1, 0.15) is 48.1 Å². The molecule has 5 rings (SSSR count). The van der Waals surface area contributed by atoms with E-state index in [1.54, 1.807) is 0 Å². The highest BCUT2D eigenvalue weighted by molar-refractivity contribution is 5.94. The molecule has 5 heteroatoms. The van der Waals surface area contributed by atoms with E-state index in [0.29, 0.717) is 5.56 Å². The fraction of sp³-hybridized carbons (Fsp3) is 0.241. The Labute approximate surface area is 200 Å². The third kappa shape index (κ3) is 4.88. The molecule has 4 aromatic rings. The Hall–Kier alpha value is -3.86. The van der Waals surface area contributed by atoms with Crippen LogP contribution >= 0.6 is 0 Å². The van der Waals surface area contributed by atoms with E-state index in [4.69, 9.17) is 0 Å². The van der Waals surface area contributed by atoms with Gasteiger partial charge in [0.1, 0.15) is 0 Å². The zero-order valence-corrected chi connectivity index (χ0v) is 19.5. The number of benzene rings is 3. The molecular formula is C29H30N4O. The standard InChI is InChI=1S/C29H30N4O/c1-21(22-8-4-2-5-9-22)30-29(34)25-12-10-23(11-13-25)27-20-28(32-31-27)24-14-16-26(17-15-24)33-18-6-3-7-19-33/h2,4-5,8-17,20-21H,3,6-7,18-19H2,1H3,(H,30,34)(H,31,32). The second kappa shape index (κ2) is 9.96. The minimum atomic E-state index is -0.0815. The molecule has 2 N–H and O–H groups in total. The molecule has 1 atom stereocenters. The second-order valence-electron chi connectivity index (χ2n) is 8.94. The topological polar surface area (TPSA) is 61.0 Å². The number of hydrogen-bond acceptors (Lipinski definition) is 3. The third-order valence-corrected chi connectivity index (χ3v) is 6.57. The van der Waals surface area contributed by atoms with Crippen molar-refractivity contribution in [3.05, 3.63) is 96.1 Å². The third-order valence-electron chi connectivity index (χ3n) is 6.57. The van der Waals surface area contributed by atoms with Gasteiger partial charge in [0.05, 0.1) is 17.4 Å². The van der Waals surface area contributed by atoms with Gasteiger partial charge >= 0.3 is 0 Å². The molecule has 1 unspecified atom stereocenters. The Kier molecular flexibility index (Phi) is 6.43. The van der Waals surface area contributed by atoms with Crippen molar-refractivity contribution in [3.63, 3.8) is 0 Å². The first-order chi connectivity index (χ1) is 16.7. The molecule has 1 aliphatic heterocycles. The summed E-state index contributed by atoms with van der Waals surface area (Å²) in [5, 5.41) is 10.7. The number of piperidine rings is 1. The van der Waals surface area contributed by atoms with Crippen LogP contribution in [-0.2, 0) is 0 Å². The van der Waals surface area contributed by atoms with E-state index in [1.165, 1.54) is 24.9 Å². The summed E-state index contributed by atoms with van der Waals surface area (Å²) in [7, 11) is 0. The predicted octanol–water partition coefficient (Wildman–Crippen LogP) is 6.23. The van der Waals surface area contributed by atoms with Crippen molar-refractivity contribution in [3.8, 4) is 22.5 Å². The molecule has 3 aromatic carbocycles. The number of anilines is 1. The Morgan fingerprint density at radius 3 is 2.26 bits per heavy atom. The Morgan fingerprint density at radius 2 is 1.56 bits per heavy atom. The van der Waals surface area contributed by atoms with Crippen molar-refractivity contribution in [1.82, 2.24) is 15.5 Å². The monoisotopic (exact) mass is 450 g/mol. The summed E-state index contributed by atoms with van der Waals surface area (Å²) in [4.78, 5) is 15.1. The van der Waals surface area contributed by atoms with Crippen LogP contribution in [0.4, 0.5) is 5.69 Å². The highest BCUT2D eigenvalue weighted by Gasteiger charge is 2.13. The van der Waals surface area contributed by atoms with E-state index in [2.05, 4.69) is 50.7 Å². The van der Waals surface area contributed by atoms with Gasteiger partial charge in [0.2, 0.25) is 0 Å². The highest BCUT2D eigenvalue weighted by Crippen LogP contribution is 2.27. The lowest BCUT2D eigenvalue weighted by Crippen LogP contribution is -2.29. The number of nitrogens with zero attached hydrogens (tertiary/aromatic N) is 2. The van der Waals surface area contributed by atoms with Crippen molar-refractivity contribution >= 4 is 11.6 Å². The van der Waals surface area contributed by atoms with Crippen LogP contribution in [0.15, 0.2) is 84.9 Å².